The molecule has 90 heavy (non-hydrogen) atoms. The van der Waals surface area contributed by atoms with E-state index in [-0.39, 0.29) is 23.6 Å². The van der Waals surface area contributed by atoms with Crippen molar-refractivity contribution in [2.75, 3.05) is 133 Å². The molecule has 0 aliphatic heterocycles. The van der Waals surface area contributed by atoms with Gasteiger partial charge >= 0.3 is 35.2 Å². The minimum atomic E-state index is -2.80. The number of aromatic nitrogens is 4. The van der Waals surface area contributed by atoms with E-state index in [1.165, 1.54) is 0 Å². The summed E-state index contributed by atoms with van der Waals surface area (Å²) in [6.45, 7) is 1.53. The van der Waals surface area contributed by atoms with Gasteiger partial charge in [-0.1, -0.05) is 0 Å². The van der Waals surface area contributed by atoms with Crippen LogP contribution in [0.2, 0.25) is 24.2 Å². The lowest BCUT2D eigenvalue weighted by Crippen LogP contribution is -2.43. The monoisotopic (exact) mass is 1320 g/mol. The van der Waals surface area contributed by atoms with Crippen LogP contribution in [0.25, 0.3) is 11.6 Å². The lowest BCUT2D eigenvalue weighted by atomic mass is 10.2. The van der Waals surface area contributed by atoms with Crippen molar-refractivity contribution < 1.29 is 72.3 Å². The van der Waals surface area contributed by atoms with E-state index in [2.05, 4.69) is 52.5 Å². The van der Waals surface area contributed by atoms with Crippen LogP contribution in [0.15, 0.2) is 97.1 Å². The third kappa shape index (κ3) is 19.9. The maximum Gasteiger partial charge on any atom is 0.500 e. The molecule has 490 valence electrons. The first kappa shape index (κ1) is 71.8. The Morgan fingerprint density at radius 3 is 0.722 bits per heavy atom. The van der Waals surface area contributed by atoms with Crippen LogP contribution in [-0.2, 0) is 53.1 Å². The van der Waals surface area contributed by atoms with Gasteiger partial charge in [0.15, 0.2) is 34.9 Å². The van der Waals surface area contributed by atoms with Gasteiger partial charge in [-0.15, -0.1) is 0 Å². The van der Waals surface area contributed by atoms with E-state index in [0.717, 1.165) is 0 Å². The number of hydrogen-bond acceptors (Lipinski definition) is 22. The maximum absolute atomic E-state index is 13.3. The lowest BCUT2D eigenvalue weighted by molar-refractivity contribution is 0.0943. The SMILES string of the molecule is CO[Si](CCCNC(=O)c1ccc(Nc2nc(-c3nc(Nc4ccc(C(=O)NCCC[Si](OC)(OC)OC)cc4)c(Nc4ccc(C(=O)NCCC[Si](OC)(OC)OC)cc4)[nH]3)[nH]c2Nc2ccc(C(=O)NCCC[Si](OC)(OC)OC)cc2)cc1)(OC)OC. The molecule has 0 unspecified atom stereocenters. The second-order valence-corrected chi connectivity index (χ2v) is 32.4. The number of nitrogens with one attached hydrogen (secondary N) is 10. The maximum atomic E-state index is 13.3. The molecule has 0 atom stereocenters. The van der Waals surface area contributed by atoms with Gasteiger partial charge in [0, 0.05) is 181 Å². The van der Waals surface area contributed by atoms with Crippen LogP contribution < -0.4 is 42.5 Å². The first-order valence-corrected chi connectivity index (χ1v) is 36.7. The molecule has 10 N–H and O–H groups in total. The number of amides is 4. The van der Waals surface area contributed by atoms with Gasteiger partial charge in [0.2, 0.25) is 0 Å². The summed E-state index contributed by atoms with van der Waals surface area (Å²) in [7, 11) is 7.43. The molecule has 0 aliphatic rings. The number of H-pyrrole nitrogens is 2. The van der Waals surface area contributed by atoms with Crippen molar-refractivity contribution in [2.24, 2.45) is 0 Å². The molecule has 0 saturated heterocycles. The van der Waals surface area contributed by atoms with E-state index in [1.54, 1.807) is 182 Å². The van der Waals surface area contributed by atoms with Gasteiger partial charge < -0.3 is 106 Å². The molecule has 32 heteroatoms. The number of anilines is 8. The van der Waals surface area contributed by atoms with Crippen LogP contribution in [0.4, 0.5) is 46.0 Å². The van der Waals surface area contributed by atoms with Gasteiger partial charge in [0.1, 0.15) is 0 Å². The predicted octanol–water partition coefficient (Wildman–Crippen LogP) is 7.77. The van der Waals surface area contributed by atoms with Gasteiger partial charge in [0.05, 0.1) is 0 Å². The van der Waals surface area contributed by atoms with E-state index in [4.69, 9.17) is 63.1 Å². The van der Waals surface area contributed by atoms with Crippen LogP contribution >= 0.6 is 0 Å². The summed E-state index contributed by atoms with van der Waals surface area (Å²) in [5.74, 6) is 1.12. The van der Waals surface area contributed by atoms with Gasteiger partial charge in [-0.2, -0.15) is 0 Å². The van der Waals surface area contributed by atoms with Crippen LogP contribution in [0.5, 0.6) is 0 Å². The first-order valence-electron chi connectivity index (χ1n) is 28.9. The predicted molar refractivity (Wildman–Crippen MR) is 349 cm³/mol. The van der Waals surface area contributed by atoms with Gasteiger partial charge in [-0.3, -0.25) is 19.2 Å². The molecular formula is C58H86N12O16Si4. The summed E-state index contributed by atoms with van der Waals surface area (Å²) < 4.78 is 66.2. The second-order valence-electron chi connectivity index (χ2n) is 20.0. The molecular weight excluding hydrogens is 1230 g/mol. The zero-order chi connectivity index (χ0) is 65.2. The summed E-state index contributed by atoms with van der Waals surface area (Å²) >= 11 is 0. The fraction of sp³-hybridized carbons (Fsp3) is 0.414. The van der Waals surface area contributed by atoms with Crippen molar-refractivity contribution in [3.8, 4) is 11.6 Å². The standard InChI is InChI=1S/C58H86N12O16Si4/c1-75-87(76-2,77-3)37-13-33-59-55(71)41-17-25-45(26-18-41)63-49-50(64-46-27-19-42(20-28-46)56(72)60-34-14-38-88(78-4,79-5)80-6)68-53(67-49)54-69-51(65-47-29-21-43(22-30-47)57(73)61-35-15-39-89(81-7,82-8)83-9)52(70-54)66-48-31-23-44(24-32-48)58(74)62-36-16-40-90(84-10,85-11)86-12/h17-32,63-66H,13-16,33-40H2,1-12H3,(H,59,71)(H,60,72)(H,61,73)(H,62,74)(H,67,68)(H,69,70). The van der Waals surface area contributed by atoms with Gasteiger partial charge in [-0.05, 0) is 123 Å². The zero-order valence-electron chi connectivity index (χ0n) is 53.1. The quantitative estimate of drug-likeness (QED) is 0.0129. The van der Waals surface area contributed by atoms with E-state index in [1.807, 2.05) is 0 Å². The van der Waals surface area contributed by atoms with Crippen molar-refractivity contribution >= 4 is 105 Å². The summed E-state index contributed by atoms with van der Waals surface area (Å²) in [6.07, 6.45) is 2.35. The number of aromatic amines is 2. The highest BCUT2D eigenvalue weighted by Gasteiger charge is 2.39. The molecule has 4 amide bonds. The summed E-state index contributed by atoms with van der Waals surface area (Å²) in [5.41, 5.74) is 4.21. The Labute approximate surface area is 529 Å². The Morgan fingerprint density at radius 2 is 0.522 bits per heavy atom. The van der Waals surface area contributed by atoms with Crippen LogP contribution in [-0.4, -0.2) is 190 Å². The number of benzene rings is 4. The molecule has 4 aromatic carbocycles. The minimum absolute atomic E-state index is 0.257. The average Bonchev–Trinajstić information content (AvgIpc) is 1.78. The van der Waals surface area contributed by atoms with E-state index in [0.29, 0.717) is 156 Å². The minimum Gasteiger partial charge on any atom is -0.377 e. The molecule has 2 aromatic heterocycles. The second kappa shape index (κ2) is 35.4. The fourth-order valence-corrected chi connectivity index (χ4v) is 16.3. The third-order valence-electron chi connectivity index (χ3n) is 14.8. The van der Waals surface area contributed by atoms with Crippen LogP contribution in [0.1, 0.15) is 67.1 Å². The third-order valence-corrected chi connectivity index (χ3v) is 26.1. The molecule has 6 rings (SSSR count). The highest BCUT2D eigenvalue weighted by molar-refractivity contribution is 6.61. The molecule has 0 bridgehead atoms. The molecule has 28 nitrogen and oxygen atoms in total. The van der Waals surface area contributed by atoms with E-state index < -0.39 is 35.2 Å². The number of carbonyl (C=O) groups is 4. The summed E-state index contributed by atoms with van der Waals surface area (Å²) in [5, 5.41) is 25.4. The molecule has 0 spiro atoms. The number of rotatable bonds is 41. The van der Waals surface area contributed by atoms with Gasteiger partial charge in [0.25, 0.3) is 23.6 Å². The van der Waals surface area contributed by atoms with Crippen molar-refractivity contribution in [3.63, 3.8) is 0 Å². The van der Waals surface area contributed by atoms with Gasteiger partial charge in [-0.25, -0.2) is 9.97 Å². The molecule has 6 aromatic rings. The normalized spacial score (nSPS) is 11.9. The highest BCUT2D eigenvalue weighted by atomic mass is 28.4. The number of carbonyl (C=O) groups excluding carboxylic acids is 4. The number of imidazole rings is 2. The van der Waals surface area contributed by atoms with Crippen molar-refractivity contribution in [1.82, 2.24) is 41.2 Å². The van der Waals surface area contributed by atoms with Crippen molar-refractivity contribution in [2.45, 2.75) is 49.9 Å². The Hall–Kier alpha value is -7.23. The molecule has 0 radical (unpaired) electrons. The smallest absolute Gasteiger partial charge is 0.377 e. The molecule has 0 saturated carbocycles. The Balaban J connectivity index is 1.27. The zero-order valence-corrected chi connectivity index (χ0v) is 57.1. The van der Waals surface area contributed by atoms with Crippen molar-refractivity contribution in [1.29, 1.82) is 0 Å². The Morgan fingerprint density at radius 1 is 0.322 bits per heavy atom. The van der Waals surface area contributed by atoms with Crippen LogP contribution in [0, 0.1) is 0 Å². The Kier molecular flexibility index (Phi) is 28.2. The molecule has 2 heterocycles. The number of nitrogens with zero attached hydrogens (tertiary/aromatic N) is 2. The lowest BCUT2D eigenvalue weighted by Gasteiger charge is -2.24. The topological polar surface area (TPSA) is 333 Å². The van der Waals surface area contributed by atoms with E-state index in [9.17, 15) is 19.2 Å². The number of hydrogen-bond donors (Lipinski definition) is 10. The molecule has 0 aliphatic carbocycles. The summed E-state index contributed by atoms with van der Waals surface area (Å²) in [4.78, 5) is 69.7. The van der Waals surface area contributed by atoms with Crippen molar-refractivity contribution in [3.05, 3.63) is 119 Å². The average molecular weight is 1320 g/mol. The highest BCUT2D eigenvalue weighted by Crippen LogP contribution is 2.34. The van der Waals surface area contributed by atoms with Crippen LogP contribution in [0.3, 0.4) is 0 Å². The Bertz CT molecular complexity index is 2740. The largest absolute Gasteiger partial charge is 0.500 e. The summed E-state index contributed by atoms with van der Waals surface area (Å²) in [6, 6.07) is 29.8. The van der Waals surface area contributed by atoms with E-state index >= 15 is 0 Å². The molecule has 0 fully saturated rings. The fourth-order valence-electron chi connectivity index (χ4n) is 9.37. The first-order chi connectivity index (χ1) is 43.5.